The maximum atomic E-state index is 11.4. The Morgan fingerprint density at radius 2 is 0.800 bits per heavy atom. The SMILES string of the molecule is F/C(=C(/F)C(F)F)C(F)F.FC(F)(F)/C=C/C(F)(F)F. The van der Waals surface area contributed by atoms with Crippen molar-refractivity contribution < 1.29 is 52.7 Å². The highest BCUT2D eigenvalue weighted by Crippen LogP contribution is 2.22. The quantitative estimate of drug-likeness (QED) is 0.474. The minimum atomic E-state index is -4.89. The van der Waals surface area contributed by atoms with Gasteiger partial charge in [0.1, 0.15) is 0 Å². The van der Waals surface area contributed by atoms with E-state index in [1.54, 1.807) is 0 Å². The second-order valence-electron chi connectivity index (χ2n) is 2.71. The van der Waals surface area contributed by atoms with E-state index in [4.69, 9.17) is 0 Å². The fourth-order valence-electron chi connectivity index (χ4n) is 0.397. The van der Waals surface area contributed by atoms with Crippen LogP contribution in [0.5, 0.6) is 0 Å². The van der Waals surface area contributed by atoms with Gasteiger partial charge in [0.2, 0.25) is 11.7 Å². The molecule has 0 aromatic carbocycles. The Hall–Kier alpha value is -1.36. The molecule has 0 bridgehead atoms. The number of hydrogen-bond donors (Lipinski definition) is 0. The molecule has 12 heteroatoms. The zero-order chi connectivity index (χ0) is 16.7. The van der Waals surface area contributed by atoms with Gasteiger partial charge in [0.25, 0.3) is 12.9 Å². The van der Waals surface area contributed by atoms with Crippen molar-refractivity contribution in [1.29, 1.82) is 0 Å². The van der Waals surface area contributed by atoms with E-state index in [2.05, 4.69) is 0 Å². The van der Waals surface area contributed by atoms with Crippen LogP contribution in [0.15, 0.2) is 23.8 Å². The van der Waals surface area contributed by atoms with Crippen LogP contribution in [0, 0.1) is 0 Å². The Kier molecular flexibility index (Phi) is 8.43. The Labute approximate surface area is 103 Å². The summed E-state index contributed by atoms with van der Waals surface area (Å²) < 4.78 is 133. The van der Waals surface area contributed by atoms with Crippen LogP contribution in [0.3, 0.4) is 0 Å². The summed E-state index contributed by atoms with van der Waals surface area (Å²) in [6, 6.07) is 0. The van der Waals surface area contributed by atoms with Gasteiger partial charge >= 0.3 is 12.4 Å². The van der Waals surface area contributed by atoms with Gasteiger partial charge in [0.05, 0.1) is 0 Å². The number of alkyl halides is 10. The van der Waals surface area contributed by atoms with E-state index in [9.17, 15) is 52.7 Å². The van der Waals surface area contributed by atoms with Crippen LogP contribution in [-0.2, 0) is 0 Å². The lowest BCUT2D eigenvalue weighted by Gasteiger charge is -1.99. The van der Waals surface area contributed by atoms with Crippen molar-refractivity contribution in [1.82, 2.24) is 0 Å². The number of hydrogen-bond acceptors (Lipinski definition) is 0. The molecular formula is C8H4F12. The normalized spacial score (nSPS) is 14.5. The average Bonchev–Trinajstić information content (AvgIpc) is 2.23. The first-order valence-corrected chi connectivity index (χ1v) is 4.12. The maximum Gasteiger partial charge on any atom is 0.409 e. The van der Waals surface area contributed by atoms with E-state index < -0.39 is 49.0 Å². The number of halogens is 12. The van der Waals surface area contributed by atoms with Crippen LogP contribution < -0.4 is 0 Å². The molecule has 0 heterocycles. The highest BCUT2D eigenvalue weighted by molar-refractivity contribution is 5.04. The van der Waals surface area contributed by atoms with Gasteiger partial charge in [-0.05, 0) is 0 Å². The summed E-state index contributed by atoms with van der Waals surface area (Å²) in [5.41, 5.74) is 0. The minimum Gasteiger partial charge on any atom is -0.202 e. The molecule has 0 amide bonds. The highest BCUT2D eigenvalue weighted by Gasteiger charge is 2.29. The second kappa shape index (κ2) is 8.04. The lowest BCUT2D eigenvalue weighted by Crippen LogP contribution is -2.07. The first kappa shape index (κ1) is 20.9. The molecule has 0 aromatic heterocycles. The Morgan fingerprint density at radius 1 is 0.600 bits per heavy atom. The third kappa shape index (κ3) is 13.1. The van der Waals surface area contributed by atoms with Gasteiger partial charge in [-0.1, -0.05) is 0 Å². The highest BCUT2D eigenvalue weighted by atomic mass is 19.4. The van der Waals surface area contributed by atoms with E-state index in [0.717, 1.165) is 0 Å². The van der Waals surface area contributed by atoms with Crippen LogP contribution >= 0.6 is 0 Å². The van der Waals surface area contributed by atoms with Crippen LogP contribution in [-0.4, -0.2) is 25.2 Å². The predicted octanol–water partition coefficient (Wildman–Crippen LogP) is 5.33. The van der Waals surface area contributed by atoms with Crippen molar-refractivity contribution in [3.8, 4) is 0 Å². The van der Waals surface area contributed by atoms with Crippen LogP contribution in [0.4, 0.5) is 52.7 Å². The van der Waals surface area contributed by atoms with Gasteiger partial charge in [0.15, 0.2) is 0 Å². The lowest BCUT2D eigenvalue weighted by molar-refractivity contribution is -0.0981. The molecule has 0 nitrogen and oxygen atoms in total. The summed E-state index contributed by atoms with van der Waals surface area (Å²) in [5, 5.41) is 0. The monoisotopic (exact) mass is 328 g/mol. The zero-order valence-corrected chi connectivity index (χ0v) is 8.84. The third-order valence-corrected chi connectivity index (χ3v) is 1.07. The summed E-state index contributed by atoms with van der Waals surface area (Å²) in [6.07, 6.45) is -19.1. The van der Waals surface area contributed by atoms with E-state index in [1.807, 2.05) is 0 Å². The standard InChI is InChI=1S/2C4H2F6/c5-3(6,7)1-2-4(8,9)10;5-1(3(7)8)2(6)4(9)10/h1-2H;3-4H/b2*2-1+. The molecule has 0 spiro atoms. The number of rotatable bonds is 2. The van der Waals surface area contributed by atoms with Crippen molar-refractivity contribution in [2.75, 3.05) is 0 Å². The summed E-state index contributed by atoms with van der Waals surface area (Å²) in [5.74, 6) is -5.40. The molecule has 0 N–H and O–H groups in total. The van der Waals surface area contributed by atoms with Crippen LogP contribution in [0.25, 0.3) is 0 Å². The summed E-state index contributed by atoms with van der Waals surface area (Å²) in [6.45, 7) is 0. The van der Waals surface area contributed by atoms with E-state index in [1.165, 1.54) is 0 Å². The smallest absolute Gasteiger partial charge is 0.202 e. The maximum absolute atomic E-state index is 11.4. The molecule has 0 unspecified atom stereocenters. The largest absolute Gasteiger partial charge is 0.409 e. The predicted molar refractivity (Wildman–Crippen MR) is 42.5 cm³/mol. The number of allylic oxidation sites excluding steroid dienone is 4. The molecule has 20 heavy (non-hydrogen) atoms. The average molecular weight is 328 g/mol. The van der Waals surface area contributed by atoms with Gasteiger partial charge in [-0.25, -0.2) is 26.3 Å². The summed E-state index contributed by atoms with van der Waals surface area (Å²) in [7, 11) is 0. The molecule has 0 aliphatic carbocycles. The first-order chi connectivity index (χ1) is 8.67. The summed E-state index contributed by atoms with van der Waals surface area (Å²) >= 11 is 0. The molecule has 0 saturated heterocycles. The molecule has 0 saturated carbocycles. The van der Waals surface area contributed by atoms with Gasteiger partial charge < -0.3 is 0 Å². The van der Waals surface area contributed by atoms with Crippen molar-refractivity contribution >= 4 is 0 Å². The molecule has 0 radical (unpaired) electrons. The minimum absolute atomic E-state index is 0.854. The second-order valence-corrected chi connectivity index (χ2v) is 2.71. The van der Waals surface area contributed by atoms with Crippen LogP contribution in [0.2, 0.25) is 0 Å². The molecule has 0 aliphatic rings. The Balaban J connectivity index is 0. The third-order valence-electron chi connectivity index (χ3n) is 1.07. The molecule has 0 aromatic rings. The Morgan fingerprint density at radius 3 is 0.900 bits per heavy atom. The van der Waals surface area contributed by atoms with Gasteiger partial charge in [-0.2, -0.15) is 26.3 Å². The molecule has 120 valence electrons. The van der Waals surface area contributed by atoms with Crippen molar-refractivity contribution in [2.45, 2.75) is 25.2 Å². The summed E-state index contributed by atoms with van der Waals surface area (Å²) in [4.78, 5) is 0. The molecule has 0 rings (SSSR count). The Bertz CT molecular complexity index is 298. The van der Waals surface area contributed by atoms with Crippen LogP contribution in [0.1, 0.15) is 0 Å². The topological polar surface area (TPSA) is 0 Å². The zero-order valence-electron chi connectivity index (χ0n) is 8.84. The van der Waals surface area contributed by atoms with Gasteiger partial charge in [-0.3, -0.25) is 0 Å². The molecule has 0 atom stereocenters. The van der Waals surface area contributed by atoms with E-state index in [-0.39, 0.29) is 0 Å². The fraction of sp³-hybridized carbons (Fsp3) is 0.500. The van der Waals surface area contributed by atoms with Gasteiger partial charge in [0, 0.05) is 12.2 Å². The van der Waals surface area contributed by atoms with Crippen molar-refractivity contribution in [2.24, 2.45) is 0 Å². The van der Waals surface area contributed by atoms with E-state index in [0.29, 0.717) is 0 Å². The van der Waals surface area contributed by atoms with E-state index >= 15 is 0 Å². The molecule has 0 aliphatic heterocycles. The molecule has 0 fully saturated rings. The lowest BCUT2D eigenvalue weighted by atomic mass is 10.4. The molecular weight excluding hydrogens is 324 g/mol. The first-order valence-electron chi connectivity index (χ1n) is 4.12. The van der Waals surface area contributed by atoms with Gasteiger partial charge in [-0.15, -0.1) is 0 Å². The van der Waals surface area contributed by atoms with Crippen molar-refractivity contribution in [3.05, 3.63) is 23.8 Å². The van der Waals surface area contributed by atoms with Crippen molar-refractivity contribution in [3.63, 3.8) is 0 Å². The fourth-order valence-corrected chi connectivity index (χ4v) is 0.397.